The van der Waals surface area contributed by atoms with E-state index in [9.17, 15) is 4.79 Å². The summed E-state index contributed by atoms with van der Waals surface area (Å²) in [5.41, 5.74) is 6.98. The molecule has 0 atom stereocenters. The number of carbonyl (C=O) groups excluding carboxylic acids is 1. The van der Waals surface area contributed by atoms with Crippen molar-refractivity contribution in [1.82, 2.24) is 14.8 Å². The molecule has 1 aromatic heterocycles. The smallest absolute Gasteiger partial charge is 0.236 e. The van der Waals surface area contributed by atoms with Crippen LogP contribution in [0.4, 0.5) is 5.82 Å². The van der Waals surface area contributed by atoms with Crippen LogP contribution in [0.5, 0.6) is 0 Å². The summed E-state index contributed by atoms with van der Waals surface area (Å²) < 4.78 is 0. The molecule has 0 radical (unpaired) electrons. The van der Waals surface area contributed by atoms with E-state index in [-0.39, 0.29) is 30.7 Å². The summed E-state index contributed by atoms with van der Waals surface area (Å²) in [7, 11) is 0. The van der Waals surface area contributed by atoms with Gasteiger partial charge in [0.05, 0.1) is 6.54 Å². The maximum atomic E-state index is 12.8. The van der Waals surface area contributed by atoms with Gasteiger partial charge in [0.25, 0.3) is 0 Å². The van der Waals surface area contributed by atoms with Crippen molar-refractivity contribution in [2.45, 2.75) is 6.42 Å². The molecular formula is C21H31Cl2N5O. The first-order chi connectivity index (χ1) is 13.3. The Balaban J connectivity index is 0.00000210. The Bertz CT molecular complexity index is 697. The van der Waals surface area contributed by atoms with Gasteiger partial charge in [-0.2, -0.15) is 0 Å². The molecule has 2 aromatic rings. The number of nitrogens with zero attached hydrogens (tertiary/aromatic N) is 4. The number of anilines is 1. The summed E-state index contributed by atoms with van der Waals surface area (Å²) >= 11 is 0. The van der Waals surface area contributed by atoms with E-state index in [0.717, 1.165) is 38.4 Å². The van der Waals surface area contributed by atoms with Crippen LogP contribution >= 0.6 is 24.8 Å². The highest BCUT2D eigenvalue weighted by Crippen LogP contribution is 2.12. The fraction of sp³-hybridized carbons (Fsp3) is 0.429. The van der Waals surface area contributed by atoms with Gasteiger partial charge in [-0.1, -0.05) is 36.4 Å². The second-order valence-corrected chi connectivity index (χ2v) is 6.86. The largest absolute Gasteiger partial charge is 0.354 e. The van der Waals surface area contributed by atoms with Gasteiger partial charge in [0.2, 0.25) is 5.91 Å². The van der Waals surface area contributed by atoms with E-state index >= 15 is 0 Å². The van der Waals surface area contributed by atoms with E-state index in [1.54, 1.807) is 0 Å². The van der Waals surface area contributed by atoms with Crippen molar-refractivity contribution in [2.24, 2.45) is 5.73 Å². The van der Waals surface area contributed by atoms with Crippen LogP contribution in [0, 0.1) is 0 Å². The maximum Gasteiger partial charge on any atom is 0.236 e. The second-order valence-electron chi connectivity index (χ2n) is 6.86. The van der Waals surface area contributed by atoms with E-state index < -0.39 is 0 Å². The van der Waals surface area contributed by atoms with Gasteiger partial charge in [0.15, 0.2) is 0 Å². The number of nitrogens with two attached hydrogens (primary N) is 1. The van der Waals surface area contributed by atoms with Crippen molar-refractivity contribution in [1.29, 1.82) is 0 Å². The SMILES string of the molecule is Cl.Cl.NCCN(CCc1ccccc1)C(=O)CN1CCN(c2ccccn2)CC1. The number of pyridine rings is 1. The number of halogens is 2. The zero-order valence-electron chi connectivity index (χ0n) is 16.7. The first-order valence-electron chi connectivity index (χ1n) is 9.66. The first-order valence-corrected chi connectivity index (χ1v) is 9.66. The average molecular weight is 440 g/mol. The van der Waals surface area contributed by atoms with Crippen LogP contribution in [0.25, 0.3) is 0 Å². The van der Waals surface area contributed by atoms with Crippen molar-refractivity contribution in [2.75, 3.05) is 57.3 Å². The molecular weight excluding hydrogens is 409 g/mol. The Labute approximate surface area is 185 Å². The molecule has 0 unspecified atom stereocenters. The van der Waals surface area contributed by atoms with Gasteiger partial charge in [-0.15, -0.1) is 24.8 Å². The van der Waals surface area contributed by atoms with Gasteiger partial charge in [0, 0.05) is 52.0 Å². The molecule has 29 heavy (non-hydrogen) atoms. The summed E-state index contributed by atoms with van der Waals surface area (Å²) in [6.07, 6.45) is 2.68. The molecule has 8 heteroatoms. The lowest BCUT2D eigenvalue weighted by Crippen LogP contribution is -2.51. The predicted octanol–water partition coefficient (Wildman–Crippen LogP) is 2.08. The molecule has 0 bridgehead atoms. The molecule has 160 valence electrons. The monoisotopic (exact) mass is 439 g/mol. The summed E-state index contributed by atoms with van der Waals surface area (Å²) in [5, 5.41) is 0. The van der Waals surface area contributed by atoms with Gasteiger partial charge < -0.3 is 15.5 Å². The summed E-state index contributed by atoms with van der Waals surface area (Å²) in [6.45, 7) is 5.82. The van der Waals surface area contributed by atoms with Crippen LogP contribution in [0.2, 0.25) is 0 Å². The molecule has 1 saturated heterocycles. The van der Waals surface area contributed by atoms with Crippen molar-refractivity contribution in [3.63, 3.8) is 0 Å². The Morgan fingerprint density at radius 1 is 0.966 bits per heavy atom. The lowest BCUT2D eigenvalue weighted by atomic mass is 10.1. The Hall–Kier alpha value is -1.86. The average Bonchev–Trinajstić information content (AvgIpc) is 2.73. The highest BCUT2D eigenvalue weighted by Gasteiger charge is 2.22. The van der Waals surface area contributed by atoms with Gasteiger partial charge in [0.1, 0.15) is 5.82 Å². The zero-order chi connectivity index (χ0) is 18.9. The lowest BCUT2D eigenvalue weighted by Gasteiger charge is -2.36. The highest BCUT2D eigenvalue weighted by molar-refractivity contribution is 5.85. The fourth-order valence-corrected chi connectivity index (χ4v) is 3.39. The minimum atomic E-state index is 0. The maximum absolute atomic E-state index is 12.8. The van der Waals surface area contributed by atoms with Crippen LogP contribution in [-0.2, 0) is 11.2 Å². The molecule has 6 nitrogen and oxygen atoms in total. The van der Waals surface area contributed by atoms with Crippen molar-refractivity contribution < 1.29 is 4.79 Å². The second kappa shape index (κ2) is 13.4. The molecule has 0 spiro atoms. The predicted molar refractivity (Wildman–Crippen MR) is 123 cm³/mol. The quantitative estimate of drug-likeness (QED) is 0.681. The van der Waals surface area contributed by atoms with Gasteiger partial charge in [-0.05, 0) is 24.1 Å². The number of benzene rings is 1. The fourth-order valence-electron chi connectivity index (χ4n) is 3.39. The topological polar surface area (TPSA) is 65.7 Å². The lowest BCUT2D eigenvalue weighted by molar-refractivity contribution is -0.132. The molecule has 0 saturated carbocycles. The number of amides is 1. The van der Waals surface area contributed by atoms with Gasteiger partial charge in [-0.25, -0.2) is 4.98 Å². The third-order valence-electron chi connectivity index (χ3n) is 4.97. The van der Waals surface area contributed by atoms with Crippen LogP contribution in [-0.4, -0.2) is 73.0 Å². The van der Waals surface area contributed by atoms with E-state index in [1.807, 2.05) is 47.5 Å². The van der Waals surface area contributed by atoms with Crippen molar-refractivity contribution >= 4 is 36.5 Å². The summed E-state index contributed by atoms with van der Waals surface area (Å²) in [4.78, 5) is 23.6. The van der Waals surface area contributed by atoms with Gasteiger partial charge in [-0.3, -0.25) is 9.69 Å². The van der Waals surface area contributed by atoms with Crippen molar-refractivity contribution in [3.05, 3.63) is 60.3 Å². The van der Waals surface area contributed by atoms with Crippen molar-refractivity contribution in [3.8, 4) is 0 Å². The molecule has 1 aliphatic heterocycles. The number of piperazine rings is 1. The summed E-state index contributed by atoms with van der Waals surface area (Å²) in [6, 6.07) is 16.3. The van der Waals surface area contributed by atoms with E-state index in [1.165, 1.54) is 5.56 Å². The molecule has 1 aliphatic rings. The third kappa shape index (κ3) is 7.82. The van der Waals surface area contributed by atoms with Crippen LogP contribution in [0.15, 0.2) is 54.7 Å². The minimum absolute atomic E-state index is 0. The number of aromatic nitrogens is 1. The Morgan fingerprint density at radius 2 is 1.66 bits per heavy atom. The normalized spacial score (nSPS) is 13.9. The molecule has 0 aliphatic carbocycles. The van der Waals surface area contributed by atoms with Crippen LogP contribution in [0.3, 0.4) is 0 Å². The number of rotatable bonds is 8. The number of hydrogen-bond donors (Lipinski definition) is 1. The Kier molecular flexibility index (Phi) is 11.6. The molecule has 2 N–H and O–H groups in total. The van der Waals surface area contributed by atoms with E-state index in [0.29, 0.717) is 26.2 Å². The van der Waals surface area contributed by atoms with Crippen LogP contribution in [0.1, 0.15) is 5.56 Å². The number of carbonyl (C=O) groups is 1. The standard InChI is InChI=1S/C21H29N5O.2ClH/c22-10-13-26(12-9-19-6-2-1-3-7-19)21(27)18-24-14-16-25(17-15-24)20-8-4-5-11-23-20;;/h1-8,11H,9-10,12-18,22H2;2*1H. The van der Waals surface area contributed by atoms with Crippen LogP contribution < -0.4 is 10.6 Å². The molecule has 3 rings (SSSR count). The molecule has 1 amide bonds. The summed E-state index contributed by atoms with van der Waals surface area (Å²) in [5.74, 6) is 1.18. The highest BCUT2D eigenvalue weighted by atomic mass is 35.5. The van der Waals surface area contributed by atoms with Gasteiger partial charge >= 0.3 is 0 Å². The molecule has 1 fully saturated rings. The minimum Gasteiger partial charge on any atom is -0.354 e. The zero-order valence-corrected chi connectivity index (χ0v) is 18.3. The number of hydrogen-bond acceptors (Lipinski definition) is 5. The Morgan fingerprint density at radius 3 is 2.28 bits per heavy atom. The third-order valence-corrected chi connectivity index (χ3v) is 4.97. The van der Waals surface area contributed by atoms with E-state index in [4.69, 9.17) is 5.73 Å². The molecule has 1 aromatic carbocycles. The first kappa shape index (κ1) is 25.2. The van der Waals surface area contributed by atoms with E-state index in [2.05, 4.69) is 26.9 Å². The molecule has 2 heterocycles.